The van der Waals surface area contributed by atoms with Gasteiger partial charge >= 0.3 is 0 Å². The van der Waals surface area contributed by atoms with Crippen LogP contribution in [0, 0.1) is 0 Å². The molecular formula is C17H27N3O4S. The molecule has 1 N–H and O–H groups in total. The molecule has 0 amide bonds. The smallest absolute Gasteiger partial charge is 0.244 e. The summed E-state index contributed by atoms with van der Waals surface area (Å²) in [4.78, 5) is 6.63. The van der Waals surface area contributed by atoms with E-state index >= 15 is 0 Å². The Balaban J connectivity index is 1.99. The molecule has 25 heavy (non-hydrogen) atoms. The summed E-state index contributed by atoms with van der Waals surface area (Å²) in [6, 6.07) is 3.07. The van der Waals surface area contributed by atoms with E-state index in [-0.39, 0.29) is 10.9 Å². The zero-order chi connectivity index (χ0) is 18.3. The van der Waals surface area contributed by atoms with Crippen molar-refractivity contribution in [2.45, 2.75) is 56.3 Å². The van der Waals surface area contributed by atoms with Crippen LogP contribution >= 0.6 is 0 Å². The van der Waals surface area contributed by atoms with Gasteiger partial charge in [0, 0.05) is 31.8 Å². The molecule has 0 aliphatic carbocycles. The van der Waals surface area contributed by atoms with E-state index in [1.165, 1.54) is 0 Å². The molecular weight excluding hydrogens is 342 g/mol. The number of hydrogen-bond acceptors (Lipinski definition) is 6. The van der Waals surface area contributed by atoms with Gasteiger partial charge in [0.05, 0.1) is 18.8 Å². The lowest BCUT2D eigenvalue weighted by molar-refractivity contribution is -0.151. The molecule has 2 aliphatic rings. The Labute approximate surface area is 149 Å². The first-order valence-electron chi connectivity index (χ1n) is 8.63. The van der Waals surface area contributed by atoms with Gasteiger partial charge in [0.25, 0.3) is 0 Å². The number of aromatic nitrogens is 1. The van der Waals surface area contributed by atoms with Gasteiger partial charge in [0.15, 0.2) is 0 Å². The summed E-state index contributed by atoms with van der Waals surface area (Å²) < 4.78 is 40.0. The van der Waals surface area contributed by atoms with Crippen molar-refractivity contribution < 1.29 is 17.9 Å². The van der Waals surface area contributed by atoms with Crippen molar-refractivity contribution in [3.8, 4) is 0 Å². The lowest BCUT2D eigenvalue weighted by Gasteiger charge is -2.48. The molecule has 0 radical (unpaired) electrons. The van der Waals surface area contributed by atoms with Crippen molar-refractivity contribution in [3.05, 3.63) is 18.3 Å². The molecule has 1 unspecified atom stereocenters. The van der Waals surface area contributed by atoms with Crippen molar-refractivity contribution in [2.75, 3.05) is 31.2 Å². The standard InChI is InChI=1S/C17H27N3O4S/c1-13(2)19-25(21,22)14-6-5-8-18-15(14)20-10-16(3,4)24-17(11-20)7-9-23-12-17/h5-6,8,13,19H,7,9-12H2,1-4H3. The van der Waals surface area contributed by atoms with Crippen LogP contribution in [0.1, 0.15) is 34.1 Å². The number of hydrogen-bond donors (Lipinski definition) is 1. The molecule has 1 aromatic heterocycles. The summed E-state index contributed by atoms with van der Waals surface area (Å²) >= 11 is 0. The van der Waals surface area contributed by atoms with Crippen LogP contribution in [0.4, 0.5) is 5.82 Å². The van der Waals surface area contributed by atoms with Gasteiger partial charge < -0.3 is 14.4 Å². The van der Waals surface area contributed by atoms with Gasteiger partial charge in [0.1, 0.15) is 16.3 Å². The predicted molar refractivity (Wildman–Crippen MR) is 95.2 cm³/mol. The van der Waals surface area contributed by atoms with E-state index in [0.717, 1.165) is 6.42 Å². The maximum Gasteiger partial charge on any atom is 0.244 e. The first-order chi connectivity index (χ1) is 11.6. The largest absolute Gasteiger partial charge is 0.378 e. The molecule has 3 rings (SSSR count). The number of morpholine rings is 1. The molecule has 1 atom stereocenters. The Kier molecular flexibility index (Phi) is 4.83. The van der Waals surface area contributed by atoms with Gasteiger partial charge in [-0.25, -0.2) is 18.1 Å². The van der Waals surface area contributed by atoms with Crippen LogP contribution in [0.15, 0.2) is 23.2 Å². The molecule has 2 aliphatic heterocycles. The molecule has 0 saturated carbocycles. The van der Waals surface area contributed by atoms with Gasteiger partial charge in [-0.3, -0.25) is 0 Å². The minimum absolute atomic E-state index is 0.186. The fourth-order valence-electron chi connectivity index (χ4n) is 3.66. The molecule has 2 fully saturated rings. The summed E-state index contributed by atoms with van der Waals surface area (Å²) in [5.74, 6) is 0.471. The minimum Gasteiger partial charge on any atom is -0.378 e. The van der Waals surface area contributed by atoms with Gasteiger partial charge in [-0.2, -0.15) is 0 Å². The van der Waals surface area contributed by atoms with Crippen LogP contribution in [0.25, 0.3) is 0 Å². The van der Waals surface area contributed by atoms with Crippen molar-refractivity contribution >= 4 is 15.8 Å². The summed E-state index contributed by atoms with van der Waals surface area (Å²) in [6.45, 7) is 9.95. The number of ether oxygens (including phenoxy) is 2. The fraction of sp³-hybridized carbons (Fsp3) is 0.706. The van der Waals surface area contributed by atoms with Crippen LogP contribution in [0.5, 0.6) is 0 Å². The predicted octanol–water partition coefficient (Wildman–Crippen LogP) is 1.54. The number of pyridine rings is 1. The molecule has 0 bridgehead atoms. The zero-order valence-corrected chi connectivity index (χ0v) is 16.1. The average Bonchev–Trinajstić information content (AvgIpc) is 2.91. The first-order valence-corrected chi connectivity index (χ1v) is 10.1. The molecule has 0 aromatic carbocycles. The van der Waals surface area contributed by atoms with E-state index in [9.17, 15) is 8.42 Å². The second kappa shape index (κ2) is 6.50. The average molecular weight is 369 g/mol. The summed E-state index contributed by atoms with van der Waals surface area (Å²) in [7, 11) is -3.64. The quantitative estimate of drug-likeness (QED) is 0.867. The molecule has 1 spiro atoms. The van der Waals surface area contributed by atoms with Gasteiger partial charge in [-0.15, -0.1) is 0 Å². The van der Waals surface area contributed by atoms with E-state index in [0.29, 0.717) is 32.1 Å². The number of rotatable bonds is 4. The molecule has 3 heterocycles. The highest BCUT2D eigenvalue weighted by molar-refractivity contribution is 7.89. The third kappa shape index (κ3) is 3.97. The lowest BCUT2D eigenvalue weighted by Crippen LogP contribution is -2.60. The zero-order valence-electron chi connectivity index (χ0n) is 15.3. The second-order valence-corrected chi connectivity index (χ2v) is 9.49. The van der Waals surface area contributed by atoms with Crippen molar-refractivity contribution in [3.63, 3.8) is 0 Å². The third-order valence-corrected chi connectivity index (χ3v) is 6.02. The second-order valence-electron chi connectivity index (χ2n) is 7.80. The monoisotopic (exact) mass is 369 g/mol. The molecule has 2 saturated heterocycles. The Bertz CT molecular complexity index is 727. The van der Waals surface area contributed by atoms with E-state index in [4.69, 9.17) is 9.47 Å². The highest BCUT2D eigenvalue weighted by atomic mass is 32.2. The number of nitrogens with one attached hydrogen (secondary N) is 1. The van der Waals surface area contributed by atoms with E-state index in [2.05, 4.69) is 9.71 Å². The van der Waals surface area contributed by atoms with Crippen LogP contribution in [-0.2, 0) is 19.5 Å². The van der Waals surface area contributed by atoms with Crippen molar-refractivity contribution in [2.24, 2.45) is 0 Å². The van der Waals surface area contributed by atoms with Gasteiger partial charge in [-0.05, 0) is 39.8 Å². The van der Waals surface area contributed by atoms with Crippen molar-refractivity contribution in [1.82, 2.24) is 9.71 Å². The van der Waals surface area contributed by atoms with E-state index in [1.54, 1.807) is 32.2 Å². The number of nitrogens with zero attached hydrogens (tertiary/aromatic N) is 2. The first kappa shape index (κ1) is 18.6. The SMILES string of the molecule is CC(C)NS(=O)(=O)c1cccnc1N1CC(C)(C)OC2(CCOC2)C1. The highest BCUT2D eigenvalue weighted by Gasteiger charge is 2.47. The summed E-state index contributed by atoms with van der Waals surface area (Å²) in [5, 5.41) is 0. The van der Waals surface area contributed by atoms with E-state index < -0.39 is 21.2 Å². The Morgan fingerprint density at radius 3 is 2.72 bits per heavy atom. The third-order valence-electron chi connectivity index (χ3n) is 4.34. The topological polar surface area (TPSA) is 80.8 Å². The summed E-state index contributed by atoms with van der Waals surface area (Å²) in [6.07, 6.45) is 2.43. The van der Waals surface area contributed by atoms with Crippen LogP contribution in [0.3, 0.4) is 0 Å². The molecule has 7 nitrogen and oxygen atoms in total. The van der Waals surface area contributed by atoms with Crippen molar-refractivity contribution in [1.29, 1.82) is 0 Å². The molecule has 140 valence electrons. The lowest BCUT2D eigenvalue weighted by atomic mass is 9.95. The summed E-state index contributed by atoms with van der Waals surface area (Å²) in [5.41, 5.74) is -0.832. The minimum atomic E-state index is -3.64. The number of sulfonamides is 1. The Morgan fingerprint density at radius 2 is 2.08 bits per heavy atom. The van der Waals surface area contributed by atoms with E-state index in [1.807, 2.05) is 18.7 Å². The number of anilines is 1. The fourth-order valence-corrected chi connectivity index (χ4v) is 5.09. The van der Waals surface area contributed by atoms with Crippen LogP contribution < -0.4 is 9.62 Å². The highest BCUT2D eigenvalue weighted by Crippen LogP contribution is 2.37. The maximum absolute atomic E-state index is 12.7. The maximum atomic E-state index is 12.7. The van der Waals surface area contributed by atoms with Crippen LogP contribution in [-0.4, -0.2) is 56.9 Å². The normalized spacial score (nSPS) is 26.5. The Morgan fingerprint density at radius 1 is 1.32 bits per heavy atom. The van der Waals surface area contributed by atoms with Crippen LogP contribution in [0.2, 0.25) is 0 Å². The van der Waals surface area contributed by atoms with Gasteiger partial charge in [-0.1, -0.05) is 0 Å². The molecule has 8 heteroatoms. The van der Waals surface area contributed by atoms with Gasteiger partial charge in [0.2, 0.25) is 10.0 Å². The molecule has 1 aromatic rings. The Hall–Kier alpha value is -1.22.